The molecular formula is C11H20N4O2. The summed E-state index contributed by atoms with van der Waals surface area (Å²) in [6, 6.07) is 0.155. The van der Waals surface area contributed by atoms with Gasteiger partial charge >= 0.3 is 0 Å². The number of ether oxygens (including phenoxy) is 1. The van der Waals surface area contributed by atoms with Crippen LogP contribution < -0.4 is 5.73 Å². The molecule has 1 aromatic heterocycles. The molecule has 2 heterocycles. The van der Waals surface area contributed by atoms with Crippen molar-refractivity contribution in [1.82, 2.24) is 15.0 Å². The third kappa shape index (κ3) is 3.49. The van der Waals surface area contributed by atoms with Crippen molar-refractivity contribution in [3.63, 3.8) is 0 Å². The summed E-state index contributed by atoms with van der Waals surface area (Å²) in [5, 5.41) is 3.97. The van der Waals surface area contributed by atoms with Crippen LogP contribution in [0.2, 0.25) is 0 Å². The van der Waals surface area contributed by atoms with Gasteiger partial charge in [0.1, 0.15) is 6.10 Å². The van der Waals surface area contributed by atoms with Crippen molar-refractivity contribution < 1.29 is 9.26 Å². The quantitative estimate of drug-likeness (QED) is 0.818. The van der Waals surface area contributed by atoms with Crippen molar-refractivity contribution in [2.45, 2.75) is 31.9 Å². The standard InChI is InChI=1S/C11H20N4O2/c1-8(12)3-4-10-13-11(14-17-10)9-7-15(2)5-6-16-9/h8-9H,3-7,12H2,1-2H3. The molecule has 0 aliphatic carbocycles. The van der Waals surface area contributed by atoms with Crippen molar-refractivity contribution >= 4 is 0 Å². The molecule has 2 unspecified atom stereocenters. The highest BCUT2D eigenvalue weighted by atomic mass is 16.5. The SMILES string of the molecule is CC(N)CCc1nc(C2CN(C)CCO2)no1. The molecule has 1 aliphatic heterocycles. The van der Waals surface area contributed by atoms with Crippen molar-refractivity contribution in [3.8, 4) is 0 Å². The topological polar surface area (TPSA) is 77.4 Å². The number of nitrogens with zero attached hydrogens (tertiary/aromatic N) is 3. The van der Waals surface area contributed by atoms with Crippen molar-refractivity contribution in [1.29, 1.82) is 0 Å². The van der Waals surface area contributed by atoms with Crippen LogP contribution in [0.3, 0.4) is 0 Å². The normalized spacial score (nSPS) is 23.8. The minimum Gasteiger partial charge on any atom is -0.367 e. The Kier molecular flexibility index (Phi) is 4.09. The summed E-state index contributed by atoms with van der Waals surface area (Å²) < 4.78 is 10.8. The molecule has 1 saturated heterocycles. The van der Waals surface area contributed by atoms with Crippen LogP contribution in [0.25, 0.3) is 0 Å². The highest BCUT2D eigenvalue weighted by Gasteiger charge is 2.24. The number of hydrogen-bond acceptors (Lipinski definition) is 6. The van der Waals surface area contributed by atoms with E-state index in [9.17, 15) is 0 Å². The number of rotatable bonds is 4. The first-order valence-corrected chi connectivity index (χ1v) is 6.03. The van der Waals surface area contributed by atoms with Crippen LogP contribution in [-0.4, -0.2) is 47.8 Å². The van der Waals surface area contributed by atoms with Crippen molar-refractivity contribution in [3.05, 3.63) is 11.7 Å². The number of morpholine rings is 1. The molecule has 2 rings (SSSR count). The first kappa shape index (κ1) is 12.5. The maximum atomic E-state index is 5.69. The van der Waals surface area contributed by atoms with E-state index in [1.807, 2.05) is 6.92 Å². The molecule has 17 heavy (non-hydrogen) atoms. The molecule has 0 saturated carbocycles. The Morgan fingerprint density at radius 2 is 2.41 bits per heavy atom. The first-order chi connectivity index (χ1) is 8.15. The molecule has 2 atom stereocenters. The van der Waals surface area contributed by atoms with Crippen LogP contribution in [0.4, 0.5) is 0 Å². The summed E-state index contributed by atoms with van der Waals surface area (Å²) >= 11 is 0. The van der Waals surface area contributed by atoms with Gasteiger partial charge in [0.15, 0.2) is 0 Å². The van der Waals surface area contributed by atoms with Crippen LogP contribution in [0.15, 0.2) is 4.52 Å². The monoisotopic (exact) mass is 240 g/mol. The van der Waals surface area contributed by atoms with E-state index in [2.05, 4.69) is 22.1 Å². The molecule has 1 aliphatic rings. The van der Waals surface area contributed by atoms with Gasteiger partial charge in [-0.3, -0.25) is 0 Å². The summed E-state index contributed by atoms with van der Waals surface area (Å²) in [7, 11) is 2.06. The molecule has 6 nitrogen and oxygen atoms in total. The summed E-state index contributed by atoms with van der Waals surface area (Å²) in [4.78, 5) is 6.56. The van der Waals surface area contributed by atoms with E-state index in [0.717, 1.165) is 25.9 Å². The second-order valence-electron chi connectivity index (χ2n) is 4.68. The van der Waals surface area contributed by atoms with Crippen LogP contribution in [0.1, 0.15) is 31.2 Å². The van der Waals surface area contributed by atoms with Gasteiger partial charge in [0.2, 0.25) is 11.7 Å². The Bertz CT molecular complexity index is 353. The van der Waals surface area contributed by atoms with Crippen molar-refractivity contribution in [2.75, 3.05) is 26.7 Å². The van der Waals surface area contributed by atoms with E-state index in [4.69, 9.17) is 15.0 Å². The smallest absolute Gasteiger partial charge is 0.226 e. The average molecular weight is 240 g/mol. The van der Waals surface area contributed by atoms with E-state index < -0.39 is 0 Å². The molecule has 0 spiro atoms. The lowest BCUT2D eigenvalue weighted by Crippen LogP contribution is -2.35. The third-order valence-electron chi connectivity index (χ3n) is 2.85. The molecular weight excluding hydrogens is 220 g/mol. The Hall–Kier alpha value is -0.980. The van der Waals surface area contributed by atoms with Gasteiger partial charge < -0.3 is 19.9 Å². The molecule has 0 aromatic carbocycles. The summed E-state index contributed by atoms with van der Waals surface area (Å²) in [6.07, 6.45) is 1.52. The molecule has 0 bridgehead atoms. The fourth-order valence-corrected chi connectivity index (χ4v) is 1.79. The van der Waals surface area contributed by atoms with Crippen LogP contribution in [0, 0.1) is 0 Å². The molecule has 6 heteroatoms. The fourth-order valence-electron chi connectivity index (χ4n) is 1.79. The number of aromatic nitrogens is 2. The number of likely N-dealkylation sites (N-methyl/N-ethyl adjacent to an activating group) is 1. The van der Waals surface area contributed by atoms with Gasteiger partial charge in [0, 0.05) is 25.6 Å². The summed E-state index contributed by atoms with van der Waals surface area (Å²) in [5.41, 5.74) is 5.69. The van der Waals surface area contributed by atoms with Gasteiger partial charge in [-0.15, -0.1) is 0 Å². The maximum absolute atomic E-state index is 5.69. The molecule has 0 radical (unpaired) electrons. The van der Waals surface area contributed by atoms with E-state index in [1.165, 1.54) is 0 Å². The molecule has 96 valence electrons. The van der Waals surface area contributed by atoms with Crippen LogP contribution in [0.5, 0.6) is 0 Å². The first-order valence-electron chi connectivity index (χ1n) is 6.03. The van der Waals surface area contributed by atoms with E-state index >= 15 is 0 Å². The summed E-state index contributed by atoms with van der Waals surface area (Å²) in [5.74, 6) is 1.30. The van der Waals surface area contributed by atoms with E-state index in [0.29, 0.717) is 18.3 Å². The molecule has 1 fully saturated rings. The van der Waals surface area contributed by atoms with Crippen LogP contribution >= 0.6 is 0 Å². The van der Waals surface area contributed by atoms with Crippen LogP contribution in [-0.2, 0) is 11.2 Å². The second kappa shape index (κ2) is 5.57. The highest BCUT2D eigenvalue weighted by Crippen LogP contribution is 2.19. The number of nitrogens with two attached hydrogens (primary N) is 1. The minimum atomic E-state index is -0.0680. The molecule has 1 aromatic rings. The average Bonchev–Trinajstić information content (AvgIpc) is 2.75. The lowest BCUT2D eigenvalue weighted by molar-refractivity contribution is -0.0264. The Morgan fingerprint density at radius 3 is 3.12 bits per heavy atom. The van der Waals surface area contributed by atoms with Gasteiger partial charge in [-0.25, -0.2) is 0 Å². The van der Waals surface area contributed by atoms with Gasteiger partial charge in [-0.2, -0.15) is 4.98 Å². The van der Waals surface area contributed by atoms with Gasteiger partial charge in [0.05, 0.1) is 6.61 Å². The highest BCUT2D eigenvalue weighted by molar-refractivity contribution is 4.94. The Morgan fingerprint density at radius 1 is 1.59 bits per heavy atom. The van der Waals surface area contributed by atoms with Crippen molar-refractivity contribution in [2.24, 2.45) is 5.73 Å². The zero-order valence-electron chi connectivity index (χ0n) is 10.4. The van der Waals surface area contributed by atoms with E-state index in [1.54, 1.807) is 0 Å². The third-order valence-corrected chi connectivity index (χ3v) is 2.85. The molecule has 2 N–H and O–H groups in total. The zero-order valence-corrected chi connectivity index (χ0v) is 10.4. The predicted molar refractivity (Wildman–Crippen MR) is 62.5 cm³/mol. The van der Waals surface area contributed by atoms with Gasteiger partial charge in [-0.05, 0) is 20.4 Å². The number of aryl methyl sites for hydroxylation is 1. The zero-order chi connectivity index (χ0) is 12.3. The lowest BCUT2D eigenvalue weighted by atomic mass is 10.2. The largest absolute Gasteiger partial charge is 0.367 e. The summed E-state index contributed by atoms with van der Waals surface area (Å²) in [6.45, 7) is 4.44. The molecule has 0 amide bonds. The van der Waals surface area contributed by atoms with E-state index in [-0.39, 0.29) is 12.1 Å². The Balaban J connectivity index is 1.92. The fraction of sp³-hybridized carbons (Fsp3) is 0.818. The maximum Gasteiger partial charge on any atom is 0.226 e. The minimum absolute atomic E-state index is 0.0680. The lowest BCUT2D eigenvalue weighted by Gasteiger charge is -2.27. The second-order valence-corrected chi connectivity index (χ2v) is 4.68. The predicted octanol–water partition coefficient (Wildman–Crippen LogP) is 0.353. The Labute approximate surface area is 101 Å². The number of hydrogen-bond donors (Lipinski definition) is 1. The van der Waals surface area contributed by atoms with Gasteiger partial charge in [0.25, 0.3) is 0 Å². The van der Waals surface area contributed by atoms with Gasteiger partial charge in [-0.1, -0.05) is 5.16 Å².